The van der Waals surface area contributed by atoms with Crippen molar-refractivity contribution in [3.05, 3.63) is 64.5 Å². The fourth-order valence-electron chi connectivity index (χ4n) is 4.10. The summed E-state index contributed by atoms with van der Waals surface area (Å²) in [5.74, 6) is 0. The summed E-state index contributed by atoms with van der Waals surface area (Å²) in [5, 5.41) is 20.7. The van der Waals surface area contributed by atoms with E-state index in [4.69, 9.17) is 5.41 Å². The number of aliphatic hydroxyl groups is 1. The van der Waals surface area contributed by atoms with Crippen LogP contribution in [-0.2, 0) is 6.18 Å². The molecule has 0 amide bonds. The van der Waals surface area contributed by atoms with Gasteiger partial charge in [0.05, 0.1) is 29.1 Å². The molecule has 1 saturated carbocycles. The zero-order chi connectivity index (χ0) is 23.8. The molecule has 0 spiro atoms. The van der Waals surface area contributed by atoms with Crippen molar-refractivity contribution in [1.29, 1.82) is 5.41 Å². The van der Waals surface area contributed by atoms with E-state index in [0.717, 1.165) is 18.3 Å². The Balaban J connectivity index is 1.93. The van der Waals surface area contributed by atoms with Crippen LogP contribution in [0.4, 0.5) is 13.2 Å². The van der Waals surface area contributed by atoms with Crippen LogP contribution in [0.5, 0.6) is 0 Å². The minimum Gasteiger partial charge on any atom is -0.393 e. The molecule has 1 aliphatic rings. The van der Waals surface area contributed by atoms with Crippen LogP contribution in [0.1, 0.15) is 36.6 Å². The highest BCUT2D eigenvalue weighted by Crippen LogP contribution is 2.33. The van der Waals surface area contributed by atoms with Crippen molar-refractivity contribution in [1.82, 2.24) is 19.9 Å². The number of allylic oxidation sites excluding steroid dienone is 1. The van der Waals surface area contributed by atoms with Crippen molar-refractivity contribution >= 4 is 22.7 Å². The largest absolute Gasteiger partial charge is 0.416 e. The summed E-state index contributed by atoms with van der Waals surface area (Å²) in [7, 11) is 1.65. The van der Waals surface area contributed by atoms with Crippen LogP contribution < -0.4 is 10.9 Å². The third-order valence-electron chi connectivity index (χ3n) is 5.78. The first-order valence-corrected chi connectivity index (χ1v) is 10.4. The minimum absolute atomic E-state index is 0.189. The van der Waals surface area contributed by atoms with Gasteiger partial charge in [0.25, 0.3) is 5.56 Å². The predicted octanol–water partition coefficient (Wildman–Crippen LogP) is 3.77. The number of rotatable bonds is 5. The Labute approximate surface area is 187 Å². The number of aliphatic hydroxyl groups excluding tert-OH is 1. The number of benzene rings is 1. The van der Waals surface area contributed by atoms with Gasteiger partial charge in [-0.3, -0.25) is 9.36 Å². The van der Waals surface area contributed by atoms with Crippen LogP contribution in [0.2, 0.25) is 0 Å². The van der Waals surface area contributed by atoms with E-state index < -0.39 is 17.8 Å². The van der Waals surface area contributed by atoms with E-state index in [1.54, 1.807) is 7.05 Å². The van der Waals surface area contributed by atoms with E-state index in [0.29, 0.717) is 30.4 Å². The molecule has 10 heteroatoms. The molecule has 33 heavy (non-hydrogen) atoms. The van der Waals surface area contributed by atoms with E-state index in [1.165, 1.54) is 35.3 Å². The second kappa shape index (κ2) is 8.78. The molecule has 3 N–H and O–H groups in total. The topological polar surface area (TPSA) is 104 Å². The first-order chi connectivity index (χ1) is 15.7. The van der Waals surface area contributed by atoms with E-state index in [9.17, 15) is 23.1 Å². The number of hydrogen-bond acceptors (Lipinski definition) is 6. The summed E-state index contributed by atoms with van der Waals surface area (Å²) >= 11 is 0. The summed E-state index contributed by atoms with van der Waals surface area (Å²) in [6.45, 7) is 0. The zero-order valence-electron chi connectivity index (χ0n) is 17.7. The average molecular weight is 457 g/mol. The molecule has 0 saturated heterocycles. The molecule has 7 nitrogen and oxygen atoms in total. The number of nitrogens with one attached hydrogen (secondary N) is 2. The van der Waals surface area contributed by atoms with Crippen molar-refractivity contribution in [3.63, 3.8) is 0 Å². The fourth-order valence-corrected chi connectivity index (χ4v) is 4.10. The average Bonchev–Trinajstić information content (AvgIpc) is 3.22. The summed E-state index contributed by atoms with van der Waals surface area (Å²) in [6.07, 6.45) is 0.768. The standard InChI is InChI=1S/C23H22F3N5O2/c1-28-11-14(10-27)20-21-18(22(33)31(12-29-21)16-6-7-17(32)8-16)9-19(30-20)13-2-4-15(5-3-13)23(24,25)26/h2-5,9-12,16-17,27-28,32H,6-8H2,1H3/b14-11+,27-10?. The third-order valence-corrected chi connectivity index (χ3v) is 5.78. The van der Waals surface area contributed by atoms with E-state index in [1.807, 2.05) is 0 Å². The molecule has 1 aliphatic carbocycles. The number of hydrogen-bond donors (Lipinski definition) is 3. The second-order valence-electron chi connectivity index (χ2n) is 7.94. The quantitative estimate of drug-likeness (QED) is 0.506. The van der Waals surface area contributed by atoms with Crippen molar-refractivity contribution in [2.75, 3.05) is 7.05 Å². The second-order valence-corrected chi connectivity index (χ2v) is 7.94. The lowest BCUT2D eigenvalue weighted by Gasteiger charge is -2.16. The van der Waals surface area contributed by atoms with Crippen LogP contribution in [0.25, 0.3) is 27.7 Å². The number of fused-ring (bicyclic) bond motifs is 1. The van der Waals surface area contributed by atoms with Crippen LogP contribution in [-0.4, -0.2) is 39.0 Å². The van der Waals surface area contributed by atoms with Gasteiger partial charge in [-0.25, -0.2) is 9.97 Å². The maximum atomic E-state index is 13.4. The van der Waals surface area contributed by atoms with Gasteiger partial charge >= 0.3 is 6.18 Å². The van der Waals surface area contributed by atoms with Crippen molar-refractivity contribution in [3.8, 4) is 11.3 Å². The molecule has 2 atom stereocenters. The van der Waals surface area contributed by atoms with Gasteiger partial charge in [0, 0.05) is 36.6 Å². The smallest absolute Gasteiger partial charge is 0.393 e. The van der Waals surface area contributed by atoms with Crippen LogP contribution >= 0.6 is 0 Å². The number of nitrogens with zero attached hydrogens (tertiary/aromatic N) is 3. The van der Waals surface area contributed by atoms with Crippen molar-refractivity contribution in [2.45, 2.75) is 37.6 Å². The molecular weight excluding hydrogens is 435 g/mol. The van der Waals surface area contributed by atoms with E-state index in [-0.39, 0.29) is 33.9 Å². The first kappa shape index (κ1) is 22.7. The number of aromatic nitrogens is 3. The fraction of sp³-hybridized carbons (Fsp3) is 0.304. The summed E-state index contributed by atoms with van der Waals surface area (Å²) in [4.78, 5) is 22.4. The lowest BCUT2D eigenvalue weighted by atomic mass is 10.0. The van der Waals surface area contributed by atoms with Gasteiger partial charge in [-0.15, -0.1) is 0 Å². The van der Waals surface area contributed by atoms with Crippen LogP contribution in [0.15, 0.2) is 47.7 Å². The molecule has 2 aromatic heterocycles. The Morgan fingerprint density at radius 1 is 1.27 bits per heavy atom. The zero-order valence-corrected chi connectivity index (χ0v) is 17.7. The summed E-state index contributed by atoms with van der Waals surface area (Å²) < 4.78 is 40.4. The highest BCUT2D eigenvalue weighted by molar-refractivity contribution is 6.12. The summed E-state index contributed by atoms with van der Waals surface area (Å²) in [6, 6.07) is 5.85. The van der Waals surface area contributed by atoms with Crippen molar-refractivity contribution < 1.29 is 18.3 Å². The molecule has 2 unspecified atom stereocenters. The maximum absolute atomic E-state index is 13.4. The monoisotopic (exact) mass is 457 g/mol. The Morgan fingerprint density at radius 3 is 2.58 bits per heavy atom. The summed E-state index contributed by atoms with van der Waals surface area (Å²) in [5.41, 5.74) is 0.482. The number of pyridine rings is 1. The molecule has 2 heterocycles. The predicted molar refractivity (Wildman–Crippen MR) is 119 cm³/mol. The first-order valence-electron chi connectivity index (χ1n) is 10.4. The molecule has 0 bridgehead atoms. The number of halogens is 3. The van der Waals surface area contributed by atoms with Gasteiger partial charge in [-0.05, 0) is 37.5 Å². The molecular formula is C23H22F3N5O2. The third kappa shape index (κ3) is 4.38. The SMILES string of the molecule is CN/C=C(\C=N)c1nc(-c2ccc(C(F)(F)F)cc2)cc2c(=O)n(C3CCC(O)C3)cnc12. The molecule has 1 fully saturated rings. The van der Waals surface area contributed by atoms with Gasteiger partial charge in [0.2, 0.25) is 0 Å². The van der Waals surface area contributed by atoms with Gasteiger partial charge in [-0.1, -0.05) is 12.1 Å². The van der Waals surface area contributed by atoms with Gasteiger partial charge in [-0.2, -0.15) is 13.2 Å². The maximum Gasteiger partial charge on any atom is 0.416 e. The van der Waals surface area contributed by atoms with Crippen LogP contribution in [0, 0.1) is 5.41 Å². The van der Waals surface area contributed by atoms with E-state index >= 15 is 0 Å². The Kier molecular flexibility index (Phi) is 6.03. The normalized spacial score (nSPS) is 19.1. The van der Waals surface area contributed by atoms with Gasteiger partial charge in [0.1, 0.15) is 11.2 Å². The highest BCUT2D eigenvalue weighted by Gasteiger charge is 2.30. The molecule has 3 aromatic rings. The van der Waals surface area contributed by atoms with Crippen molar-refractivity contribution in [2.24, 2.45) is 0 Å². The molecule has 4 rings (SSSR count). The molecule has 172 valence electrons. The molecule has 0 radical (unpaired) electrons. The van der Waals surface area contributed by atoms with E-state index in [2.05, 4.69) is 15.3 Å². The van der Waals surface area contributed by atoms with Gasteiger partial charge < -0.3 is 15.8 Å². The Bertz CT molecular complexity index is 1280. The molecule has 1 aromatic carbocycles. The lowest BCUT2D eigenvalue weighted by molar-refractivity contribution is -0.137. The highest BCUT2D eigenvalue weighted by atomic mass is 19.4. The molecule has 0 aliphatic heterocycles. The number of alkyl halides is 3. The van der Waals surface area contributed by atoms with Crippen LogP contribution in [0.3, 0.4) is 0 Å². The Morgan fingerprint density at radius 2 is 2.00 bits per heavy atom. The Hall–Kier alpha value is -3.53. The lowest BCUT2D eigenvalue weighted by Crippen LogP contribution is -2.25. The minimum atomic E-state index is -4.47. The van der Waals surface area contributed by atoms with Gasteiger partial charge in [0.15, 0.2) is 0 Å².